The van der Waals surface area contributed by atoms with Crippen LogP contribution in [0.15, 0.2) is 0 Å². The molecule has 2 heterocycles. The van der Waals surface area contributed by atoms with Crippen LogP contribution in [0.1, 0.15) is 19.3 Å². The van der Waals surface area contributed by atoms with Crippen molar-refractivity contribution in [2.45, 2.75) is 25.3 Å². The summed E-state index contributed by atoms with van der Waals surface area (Å²) in [6, 6.07) is 0.441. The number of piperidine rings is 1. The smallest absolute Gasteiger partial charge is 0.0180 e. The van der Waals surface area contributed by atoms with Crippen LogP contribution in [-0.4, -0.2) is 55.6 Å². The van der Waals surface area contributed by atoms with E-state index < -0.39 is 0 Å². The van der Waals surface area contributed by atoms with Gasteiger partial charge < -0.3 is 15.5 Å². The molecule has 0 spiro atoms. The Labute approximate surface area is 87.2 Å². The fraction of sp³-hybridized carbons (Fsp3) is 1.00. The summed E-state index contributed by atoms with van der Waals surface area (Å²) in [5.74, 6) is 0.888. The third-order valence-electron chi connectivity index (χ3n) is 3.55. The van der Waals surface area contributed by atoms with E-state index in [0.717, 1.165) is 12.5 Å². The molecule has 2 rings (SSSR count). The average molecular weight is 197 g/mol. The van der Waals surface area contributed by atoms with Crippen LogP contribution in [0.25, 0.3) is 0 Å². The van der Waals surface area contributed by atoms with E-state index in [1.807, 2.05) is 0 Å². The van der Waals surface area contributed by atoms with Crippen LogP contribution in [-0.2, 0) is 0 Å². The van der Waals surface area contributed by atoms with Gasteiger partial charge in [0.1, 0.15) is 0 Å². The second kappa shape index (κ2) is 4.60. The highest BCUT2D eigenvalue weighted by Gasteiger charge is 2.24. The minimum atomic E-state index is 0.441. The second-order valence-electron chi connectivity index (χ2n) is 5.08. The molecule has 2 N–H and O–H groups in total. The predicted molar refractivity (Wildman–Crippen MR) is 59.3 cm³/mol. The number of rotatable bonds is 2. The van der Waals surface area contributed by atoms with Gasteiger partial charge in [-0.15, -0.1) is 0 Å². The normalized spacial score (nSPS) is 36.4. The molecule has 14 heavy (non-hydrogen) atoms. The van der Waals surface area contributed by atoms with Crippen LogP contribution in [0.5, 0.6) is 0 Å². The van der Waals surface area contributed by atoms with Crippen molar-refractivity contribution >= 4 is 0 Å². The number of nitrogens with zero attached hydrogens (tertiary/aromatic N) is 2. The summed E-state index contributed by atoms with van der Waals surface area (Å²) in [7, 11) is 2.24. The van der Waals surface area contributed by atoms with E-state index in [9.17, 15) is 0 Å². The Hall–Kier alpha value is -0.120. The summed E-state index contributed by atoms with van der Waals surface area (Å²) in [5, 5.41) is 0. The van der Waals surface area contributed by atoms with Gasteiger partial charge in [0.25, 0.3) is 0 Å². The van der Waals surface area contributed by atoms with Gasteiger partial charge in [-0.2, -0.15) is 0 Å². The minimum Gasteiger partial charge on any atom is -0.326 e. The lowest BCUT2D eigenvalue weighted by Gasteiger charge is -2.32. The first-order chi connectivity index (χ1) is 6.74. The Morgan fingerprint density at radius 2 is 2.07 bits per heavy atom. The van der Waals surface area contributed by atoms with Crippen LogP contribution in [0, 0.1) is 5.92 Å². The highest BCUT2D eigenvalue weighted by atomic mass is 15.2. The zero-order chi connectivity index (χ0) is 9.97. The Morgan fingerprint density at radius 3 is 2.71 bits per heavy atom. The molecule has 0 amide bonds. The second-order valence-corrected chi connectivity index (χ2v) is 5.08. The Bertz CT molecular complexity index is 183. The zero-order valence-electron chi connectivity index (χ0n) is 9.28. The Balaban J connectivity index is 1.74. The van der Waals surface area contributed by atoms with Gasteiger partial charge in [-0.1, -0.05) is 0 Å². The van der Waals surface area contributed by atoms with E-state index in [2.05, 4.69) is 16.8 Å². The van der Waals surface area contributed by atoms with Gasteiger partial charge in [-0.25, -0.2) is 0 Å². The molecule has 0 aromatic rings. The van der Waals surface area contributed by atoms with Crippen LogP contribution in [0.3, 0.4) is 0 Å². The quantitative estimate of drug-likeness (QED) is 0.694. The van der Waals surface area contributed by atoms with Crippen LogP contribution in [0.4, 0.5) is 0 Å². The SMILES string of the molecule is CN1CCCC(CN2CCC(N)C2)C1. The van der Waals surface area contributed by atoms with Gasteiger partial charge in [0.2, 0.25) is 0 Å². The molecule has 0 aromatic heterocycles. The minimum absolute atomic E-state index is 0.441. The van der Waals surface area contributed by atoms with Crippen molar-refractivity contribution in [1.29, 1.82) is 0 Å². The highest BCUT2D eigenvalue weighted by Crippen LogP contribution is 2.18. The fourth-order valence-corrected chi connectivity index (χ4v) is 2.82. The fourth-order valence-electron chi connectivity index (χ4n) is 2.82. The molecule has 82 valence electrons. The number of hydrogen-bond acceptors (Lipinski definition) is 3. The first-order valence-electron chi connectivity index (χ1n) is 5.90. The third-order valence-corrected chi connectivity index (χ3v) is 3.55. The third kappa shape index (κ3) is 2.69. The topological polar surface area (TPSA) is 32.5 Å². The molecule has 2 unspecified atom stereocenters. The lowest BCUT2D eigenvalue weighted by Crippen LogP contribution is -2.39. The van der Waals surface area contributed by atoms with E-state index in [4.69, 9.17) is 5.73 Å². The van der Waals surface area contributed by atoms with Gasteiger partial charge in [0.15, 0.2) is 0 Å². The van der Waals surface area contributed by atoms with Gasteiger partial charge in [0, 0.05) is 25.7 Å². The molecule has 3 heteroatoms. The van der Waals surface area contributed by atoms with Crippen molar-refractivity contribution < 1.29 is 0 Å². The lowest BCUT2D eigenvalue weighted by molar-refractivity contribution is 0.165. The summed E-state index contributed by atoms with van der Waals surface area (Å²) >= 11 is 0. The molecule has 2 aliphatic heterocycles. The highest BCUT2D eigenvalue weighted by molar-refractivity contribution is 4.81. The number of likely N-dealkylation sites (tertiary alicyclic amines) is 2. The molecule has 2 atom stereocenters. The van der Waals surface area contributed by atoms with Crippen molar-refractivity contribution in [2.24, 2.45) is 11.7 Å². The van der Waals surface area contributed by atoms with Crippen molar-refractivity contribution in [3.63, 3.8) is 0 Å². The molecule has 0 saturated carbocycles. The predicted octanol–water partition coefficient (Wildman–Crippen LogP) is 0.361. The van der Waals surface area contributed by atoms with Crippen LogP contribution >= 0.6 is 0 Å². The standard InChI is InChI=1S/C11H23N3/c1-13-5-2-3-10(7-13)8-14-6-4-11(12)9-14/h10-11H,2-9,12H2,1H3. The van der Waals surface area contributed by atoms with Crippen LogP contribution < -0.4 is 5.73 Å². The maximum absolute atomic E-state index is 5.91. The summed E-state index contributed by atoms with van der Waals surface area (Å²) in [6.07, 6.45) is 3.99. The van der Waals surface area contributed by atoms with Crippen molar-refractivity contribution in [3.8, 4) is 0 Å². The van der Waals surface area contributed by atoms with Gasteiger partial charge >= 0.3 is 0 Å². The van der Waals surface area contributed by atoms with E-state index in [1.165, 1.54) is 45.4 Å². The monoisotopic (exact) mass is 197 g/mol. The maximum atomic E-state index is 5.91. The molecule has 0 aromatic carbocycles. The summed E-state index contributed by atoms with van der Waals surface area (Å²) in [5.41, 5.74) is 5.91. The molecule has 2 saturated heterocycles. The van der Waals surface area contributed by atoms with E-state index in [0.29, 0.717) is 6.04 Å². The van der Waals surface area contributed by atoms with Crippen LogP contribution in [0.2, 0.25) is 0 Å². The Kier molecular flexibility index (Phi) is 3.42. The van der Waals surface area contributed by atoms with E-state index >= 15 is 0 Å². The van der Waals surface area contributed by atoms with E-state index in [1.54, 1.807) is 0 Å². The van der Waals surface area contributed by atoms with Crippen molar-refractivity contribution in [3.05, 3.63) is 0 Å². The lowest BCUT2D eigenvalue weighted by atomic mass is 9.98. The first kappa shape index (κ1) is 10.4. The van der Waals surface area contributed by atoms with E-state index in [-0.39, 0.29) is 0 Å². The summed E-state index contributed by atoms with van der Waals surface area (Å²) in [4.78, 5) is 5.01. The summed E-state index contributed by atoms with van der Waals surface area (Å²) in [6.45, 7) is 6.20. The van der Waals surface area contributed by atoms with Crippen molar-refractivity contribution in [2.75, 3.05) is 39.8 Å². The van der Waals surface area contributed by atoms with Crippen molar-refractivity contribution in [1.82, 2.24) is 9.80 Å². The largest absolute Gasteiger partial charge is 0.326 e. The molecule has 2 aliphatic rings. The number of nitrogens with two attached hydrogens (primary N) is 1. The van der Waals surface area contributed by atoms with Gasteiger partial charge in [0.05, 0.1) is 0 Å². The zero-order valence-corrected chi connectivity index (χ0v) is 9.28. The molecule has 0 bridgehead atoms. The van der Waals surface area contributed by atoms with Gasteiger partial charge in [-0.3, -0.25) is 0 Å². The Morgan fingerprint density at radius 1 is 1.21 bits per heavy atom. The molecule has 0 aliphatic carbocycles. The molecule has 0 radical (unpaired) electrons. The first-order valence-corrected chi connectivity index (χ1v) is 5.90. The average Bonchev–Trinajstić information content (AvgIpc) is 2.51. The molecule has 2 fully saturated rings. The molecular formula is C11H23N3. The maximum Gasteiger partial charge on any atom is 0.0180 e. The molecular weight excluding hydrogens is 174 g/mol. The molecule has 3 nitrogen and oxygen atoms in total. The number of hydrogen-bond donors (Lipinski definition) is 1. The van der Waals surface area contributed by atoms with Gasteiger partial charge in [-0.05, 0) is 45.3 Å². The summed E-state index contributed by atoms with van der Waals surface area (Å²) < 4.78 is 0.